The molecule has 19 heavy (non-hydrogen) atoms. The third-order valence-electron chi connectivity index (χ3n) is 3.85. The lowest BCUT2D eigenvalue weighted by Crippen LogP contribution is -2.67. The lowest BCUT2D eigenvalue weighted by atomic mass is 9.73. The zero-order valence-corrected chi connectivity index (χ0v) is 11.4. The van der Waals surface area contributed by atoms with Gasteiger partial charge in [0.15, 0.2) is 5.00 Å². The summed E-state index contributed by atoms with van der Waals surface area (Å²) in [5, 5.41) is 0. The number of imide groups is 1. The molecule has 2 aliphatic rings. The molecule has 0 N–H and O–H groups in total. The number of urea groups is 1. The quantitative estimate of drug-likeness (QED) is 0.583. The maximum absolute atomic E-state index is 12.3. The summed E-state index contributed by atoms with van der Waals surface area (Å²) in [5.41, 5.74) is 1.85. The molecule has 1 aromatic rings. The van der Waals surface area contributed by atoms with Gasteiger partial charge in [-0.3, -0.25) is 9.69 Å². The summed E-state index contributed by atoms with van der Waals surface area (Å²) in [6.45, 7) is 0. The van der Waals surface area contributed by atoms with Gasteiger partial charge >= 0.3 is 6.03 Å². The molecule has 5 heteroatoms. The molecule has 1 aromatic carbocycles. The molecule has 0 bridgehead atoms. The van der Waals surface area contributed by atoms with Crippen molar-refractivity contribution in [2.24, 2.45) is 5.92 Å². The molecule has 2 unspecified atom stereocenters. The molecule has 0 radical (unpaired) electrons. The molecular weight excluding hydrogens is 264 g/mol. The molecule has 1 aliphatic carbocycles. The van der Waals surface area contributed by atoms with Crippen molar-refractivity contribution in [3.05, 3.63) is 42.0 Å². The van der Waals surface area contributed by atoms with E-state index in [4.69, 9.17) is 11.6 Å². The summed E-state index contributed by atoms with van der Waals surface area (Å²) < 4.78 is 0. The van der Waals surface area contributed by atoms with Crippen molar-refractivity contribution in [1.29, 1.82) is 0 Å². The lowest BCUT2D eigenvalue weighted by Gasteiger charge is -2.52. The van der Waals surface area contributed by atoms with E-state index in [9.17, 15) is 9.59 Å². The van der Waals surface area contributed by atoms with E-state index >= 15 is 0 Å². The average molecular weight is 277 g/mol. The van der Waals surface area contributed by atoms with Crippen molar-refractivity contribution < 1.29 is 9.59 Å². The Morgan fingerprint density at radius 3 is 2.42 bits per heavy atom. The second-order valence-electron chi connectivity index (χ2n) is 4.87. The van der Waals surface area contributed by atoms with Gasteiger partial charge < -0.3 is 4.90 Å². The van der Waals surface area contributed by atoms with Crippen LogP contribution in [0.25, 0.3) is 5.57 Å². The number of hydrogen-bond acceptors (Lipinski definition) is 2. The number of amides is 3. The molecule has 1 aliphatic heterocycles. The highest BCUT2D eigenvalue weighted by atomic mass is 35.5. The maximum atomic E-state index is 12.3. The van der Waals surface area contributed by atoms with Crippen LogP contribution < -0.4 is 0 Å². The normalized spacial score (nSPS) is 29.8. The first-order valence-corrected chi connectivity index (χ1v) is 6.37. The molecule has 2 atom stereocenters. The predicted octanol–water partition coefficient (Wildman–Crippen LogP) is 2.16. The van der Waals surface area contributed by atoms with Gasteiger partial charge in [0.1, 0.15) is 5.92 Å². The number of alkyl halides is 1. The Morgan fingerprint density at radius 1 is 1.16 bits per heavy atom. The maximum Gasteiger partial charge on any atom is 0.327 e. The second-order valence-corrected chi connectivity index (χ2v) is 5.47. The van der Waals surface area contributed by atoms with Gasteiger partial charge in [0.25, 0.3) is 0 Å². The number of likely N-dealkylation sites (N-methyl/N-ethyl adjacent to an activating group) is 1. The lowest BCUT2D eigenvalue weighted by molar-refractivity contribution is -0.135. The third-order valence-corrected chi connectivity index (χ3v) is 4.43. The van der Waals surface area contributed by atoms with Gasteiger partial charge in [0.05, 0.1) is 0 Å². The van der Waals surface area contributed by atoms with E-state index < -0.39 is 10.9 Å². The minimum Gasteiger partial charge on any atom is -0.304 e. The highest BCUT2D eigenvalue weighted by Gasteiger charge is 2.59. The van der Waals surface area contributed by atoms with Crippen molar-refractivity contribution in [3.8, 4) is 0 Å². The largest absolute Gasteiger partial charge is 0.327 e. The van der Waals surface area contributed by atoms with Crippen LogP contribution in [-0.2, 0) is 4.79 Å². The molecule has 98 valence electrons. The number of nitrogens with zero attached hydrogens (tertiary/aromatic N) is 2. The predicted molar refractivity (Wildman–Crippen MR) is 72.4 cm³/mol. The molecule has 0 saturated carbocycles. The van der Waals surface area contributed by atoms with Crippen LogP contribution in [0.2, 0.25) is 0 Å². The van der Waals surface area contributed by atoms with Crippen LogP contribution in [-0.4, -0.2) is 40.8 Å². The standard InChI is InChI=1S/C14H13ClN2O2/c1-16-12(18)11-10(9-6-4-3-5-7-9)8-14(11,15)17(2)13(16)19/h3-8,11H,1-2H3. The van der Waals surface area contributed by atoms with Crippen LogP contribution in [0.5, 0.6) is 0 Å². The van der Waals surface area contributed by atoms with Crippen LogP contribution in [0.3, 0.4) is 0 Å². The van der Waals surface area contributed by atoms with Crippen molar-refractivity contribution in [1.82, 2.24) is 9.80 Å². The first-order valence-electron chi connectivity index (χ1n) is 5.99. The smallest absolute Gasteiger partial charge is 0.304 e. The Labute approximate surface area is 116 Å². The summed E-state index contributed by atoms with van der Waals surface area (Å²) in [6.07, 6.45) is 1.79. The highest BCUT2D eigenvalue weighted by molar-refractivity contribution is 6.33. The summed E-state index contributed by atoms with van der Waals surface area (Å²) in [7, 11) is 3.10. The third kappa shape index (κ3) is 1.46. The Hall–Kier alpha value is -1.81. The highest BCUT2D eigenvalue weighted by Crippen LogP contribution is 2.52. The number of rotatable bonds is 1. The number of carbonyl (C=O) groups excluding carboxylic acids is 2. The van der Waals surface area contributed by atoms with Gasteiger partial charge in [-0.1, -0.05) is 41.9 Å². The van der Waals surface area contributed by atoms with Crippen molar-refractivity contribution in [2.75, 3.05) is 14.1 Å². The van der Waals surface area contributed by atoms with Crippen molar-refractivity contribution in [2.45, 2.75) is 5.00 Å². The molecule has 0 aromatic heterocycles. The van der Waals surface area contributed by atoms with E-state index in [2.05, 4.69) is 0 Å². The van der Waals surface area contributed by atoms with E-state index in [0.717, 1.165) is 16.0 Å². The van der Waals surface area contributed by atoms with Gasteiger partial charge in [-0.05, 0) is 17.2 Å². The summed E-state index contributed by atoms with van der Waals surface area (Å²) in [5.74, 6) is -0.747. The van der Waals surface area contributed by atoms with Crippen LogP contribution in [0.1, 0.15) is 5.56 Å². The van der Waals surface area contributed by atoms with Gasteiger partial charge in [0, 0.05) is 14.1 Å². The SMILES string of the molecule is CN1C(=O)C2C(c3ccccc3)=CC2(Cl)N(C)C1=O. The monoisotopic (exact) mass is 276 g/mol. The molecule has 4 nitrogen and oxygen atoms in total. The summed E-state index contributed by atoms with van der Waals surface area (Å²) in [4.78, 5) is 25.7. The van der Waals surface area contributed by atoms with Gasteiger partial charge in [-0.2, -0.15) is 0 Å². The Morgan fingerprint density at radius 2 is 1.79 bits per heavy atom. The van der Waals surface area contributed by atoms with Crippen LogP contribution in [0.4, 0.5) is 4.79 Å². The van der Waals surface area contributed by atoms with Gasteiger partial charge in [-0.25, -0.2) is 4.79 Å². The van der Waals surface area contributed by atoms with Crippen molar-refractivity contribution in [3.63, 3.8) is 0 Å². The molecule has 3 rings (SSSR count). The minimum absolute atomic E-state index is 0.251. The minimum atomic E-state index is -1.02. The molecule has 0 spiro atoms. The summed E-state index contributed by atoms with van der Waals surface area (Å²) in [6, 6.07) is 9.24. The average Bonchev–Trinajstić information content (AvgIpc) is 2.41. The Bertz CT molecular complexity index is 599. The number of halogens is 1. The Kier molecular flexibility index (Phi) is 2.47. The molecule has 1 heterocycles. The molecule has 3 amide bonds. The zero-order valence-electron chi connectivity index (χ0n) is 10.6. The van der Waals surface area contributed by atoms with E-state index in [1.807, 2.05) is 30.3 Å². The van der Waals surface area contributed by atoms with E-state index in [0.29, 0.717) is 0 Å². The summed E-state index contributed by atoms with van der Waals surface area (Å²) >= 11 is 6.44. The van der Waals surface area contributed by atoms with E-state index in [1.54, 1.807) is 13.1 Å². The van der Waals surface area contributed by atoms with Crippen molar-refractivity contribution >= 4 is 29.1 Å². The van der Waals surface area contributed by atoms with E-state index in [1.165, 1.54) is 11.9 Å². The number of hydrogen-bond donors (Lipinski definition) is 0. The molecular formula is C14H13ClN2O2. The zero-order chi connectivity index (χ0) is 13.8. The molecule has 1 fully saturated rings. The Balaban J connectivity index is 2.07. The first kappa shape index (κ1) is 12.2. The fraction of sp³-hybridized carbons (Fsp3) is 0.286. The first-order chi connectivity index (χ1) is 8.97. The number of carbonyl (C=O) groups is 2. The topological polar surface area (TPSA) is 40.6 Å². The fourth-order valence-electron chi connectivity index (χ4n) is 2.64. The fourth-order valence-corrected chi connectivity index (χ4v) is 3.04. The van der Waals surface area contributed by atoms with Crippen LogP contribution >= 0.6 is 11.6 Å². The van der Waals surface area contributed by atoms with Crippen LogP contribution in [0.15, 0.2) is 36.4 Å². The number of fused-ring (bicyclic) bond motifs is 1. The van der Waals surface area contributed by atoms with Gasteiger partial charge in [0.2, 0.25) is 5.91 Å². The van der Waals surface area contributed by atoms with E-state index in [-0.39, 0.29) is 11.9 Å². The van der Waals surface area contributed by atoms with Gasteiger partial charge in [-0.15, -0.1) is 0 Å². The molecule has 1 saturated heterocycles. The van der Waals surface area contributed by atoms with Crippen LogP contribution in [0, 0.1) is 5.92 Å². The number of benzene rings is 1. The second kappa shape index (κ2) is 3.84.